The van der Waals surface area contributed by atoms with Gasteiger partial charge in [0, 0.05) is 11.8 Å². The quantitative estimate of drug-likeness (QED) is 0.573. The van der Waals surface area contributed by atoms with Gasteiger partial charge < -0.3 is 5.10 Å². The number of carbonyl (C=O) groups excluding carboxylic acids is 1. The zero-order chi connectivity index (χ0) is 15.1. The molecule has 1 heterocycles. The molecule has 21 heavy (non-hydrogen) atoms. The second-order valence-electron chi connectivity index (χ2n) is 4.55. The van der Waals surface area contributed by atoms with Gasteiger partial charge in [-0.05, 0) is 18.1 Å². The number of rotatable bonds is 5. The van der Waals surface area contributed by atoms with Crippen molar-refractivity contribution < 1.29 is 4.79 Å². The molecule has 0 aliphatic rings. The van der Waals surface area contributed by atoms with E-state index in [2.05, 4.69) is 20.7 Å². The molecule has 0 unspecified atom stereocenters. The summed E-state index contributed by atoms with van der Waals surface area (Å²) in [6.45, 7) is 1.90. The van der Waals surface area contributed by atoms with E-state index in [0.717, 1.165) is 11.1 Å². The van der Waals surface area contributed by atoms with Crippen LogP contribution in [0.2, 0.25) is 0 Å². The largest absolute Gasteiger partial charge is 0.302 e. The van der Waals surface area contributed by atoms with E-state index in [1.165, 1.54) is 6.07 Å². The Hall–Kier alpha value is -2.89. The number of amides is 1. The van der Waals surface area contributed by atoms with Crippen molar-refractivity contribution in [3.63, 3.8) is 0 Å². The first-order valence-electron chi connectivity index (χ1n) is 6.45. The molecule has 0 radical (unpaired) electrons. The number of hydrazone groups is 1. The van der Waals surface area contributed by atoms with Crippen LogP contribution in [-0.2, 0) is 11.2 Å². The van der Waals surface area contributed by atoms with E-state index in [-0.39, 0.29) is 17.9 Å². The van der Waals surface area contributed by atoms with Crippen LogP contribution in [0.5, 0.6) is 0 Å². The molecule has 1 amide bonds. The van der Waals surface area contributed by atoms with E-state index >= 15 is 0 Å². The highest BCUT2D eigenvalue weighted by atomic mass is 16.2. The minimum absolute atomic E-state index is 0.0670. The first-order chi connectivity index (χ1) is 10.1. The molecule has 0 bridgehead atoms. The van der Waals surface area contributed by atoms with Crippen molar-refractivity contribution in [3.8, 4) is 0 Å². The lowest BCUT2D eigenvalue weighted by molar-refractivity contribution is -0.120. The molecule has 0 spiro atoms. The predicted molar refractivity (Wildman–Crippen MR) is 81.8 cm³/mol. The highest BCUT2D eigenvalue weighted by Gasteiger charge is 2.03. The minimum atomic E-state index is -0.297. The number of allylic oxidation sites excluding steroid dienone is 1. The maximum Gasteiger partial charge on any atom is 0.264 e. The zero-order valence-corrected chi connectivity index (χ0v) is 11.6. The number of hydrogen-bond acceptors (Lipinski definition) is 3. The summed E-state index contributed by atoms with van der Waals surface area (Å²) in [4.78, 5) is 22.5. The Morgan fingerprint density at radius 2 is 2.05 bits per heavy atom. The first kappa shape index (κ1) is 14.5. The molecule has 0 saturated heterocycles. The third-order valence-electron chi connectivity index (χ3n) is 2.65. The van der Waals surface area contributed by atoms with E-state index in [0.29, 0.717) is 5.69 Å². The first-order valence-corrected chi connectivity index (χ1v) is 6.45. The van der Waals surface area contributed by atoms with E-state index in [9.17, 15) is 9.59 Å². The summed E-state index contributed by atoms with van der Waals surface area (Å²) >= 11 is 0. The summed E-state index contributed by atoms with van der Waals surface area (Å²) in [6, 6.07) is 11.2. The van der Waals surface area contributed by atoms with Gasteiger partial charge in [-0.3, -0.25) is 14.7 Å². The standard InChI is InChI=1S/C15H16N4O2/c1-11(7-12-5-3-2-4-6-12)10-16-18-14(20)8-13-9-15(21)19-17-13/h2-7,9-10H,8H2,1H3,(H,18,20)(H2,17,19,21)/b11-7+,16-10+. The van der Waals surface area contributed by atoms with E-state index < -0.39 is 0 Å². The molecular formula is C15H16N4O2. The van der Waals surface area contributed by atoms with E-state index in [4.69, 9.17) is 0 Å². The Labute approximate surface area is 121 Å². The fraction of sp³-hybridized carbons (Fsp3) is 0.133. The van der Waals surface area contributed by atoms with Crippen molar-refractivity contribution in [2.75, 3.05) is 0 Å². The van der Waals surface area contributed by atoms with Gasteiger partial charge in [0.25, 0.3) is 5.56 Å². The molecule has 0 saturated carbocycles. The number of benzene rings is 1. The Morgan fingerprint density at radius 1 is 1.29 bits per heavy atom. The summed E-state index contributed by atoms with van der Waals surface area (Å²) < 4.78 is 0. The summed E-state index contributed by atoms with van der Waals surface area (Å²) in [7, 11) is 0. The van der Waals surface area contributed by atoms with Gasteiger partial charge in [-0.1, -0.05) is 36.4 Å². The van der Waals surface area contributed by atoms with Gasteiger partial charge >= 0.3 is 0 Å². The molecular weight excluding hydrogens is 268 g/mol. The molecule has 108 valence electrons. The van der Waals surface area contributed by atoms with Gasteiger partial charge in [-0.25, -0.2) is 5.43 Å². The van der Waals surface area contributed by atoms with Crippen LogP contribution < -0.4 is 11.0 Å². The molecule has 3 N–H and O–H groups in total. The fourth-order valence-corrected chi connectivity index (χ4v) is 1.74. The van der Waals surface area contributed by atoms with Crippen molar-refractivity contribution in [3.05, 3.63) is 63.6 Å². The summed E-state index contributed by atoms with van der Waals surface area (Å²) in [5.74, 6) is -0.297. The second kappa shape index (κ2) is 7.04. The van der Waals surface area contributed by atoms with Crippen LogP contribution in [0.25, 0.3) is 6.08 Å². The number of aromatic amines is 2. The van der Waals surface area contributed by atoms with Gasteiger partial charge in [0.05, 0.1) is 12.6 Å². The van der Waals surface area contributed by atoms with Crippen LogP contribution in [0.4, 0.5) is 0 Å². The Kier molecular flexibility index (Phi) is 4.87. The zero-order valence-electron chi connectivity index (χ0n) is 11.6. The van der Waals surface area contributed by atoms with Crippen molar-refractivity contribution in [2.45, 2.75) is 13.3 Å². The van der Waals surface area contributed by atoms with Crippen LogP contribution in [0.15, 0.2) is 51.9 Å². The van der Waals surface area contributed by atoms with Crippen molar-refractivity contribution >= 4 is 18.2 Å². The van der Waals surface area contributed by atoms with Crippen LogP contribution in [-0.4, -0.2) is 22.3 Å². The third-order valence-corrected chi connectivity index (χ3v) is 2.65. The number of carbonyl (C=O) groups is 1. The molecule has 1 aromatic carbocycles. The molecule has 6 nitrogen and oxygen atoms in total. The molecule has 6 heteroatoms. The molecule has 0 aliphatic heterocycles. The molecule has 0 aliphatic carbocycles. The van der Waals surface area contributed by atoms with E-state index in [1.807, 2.05) is 43.3 Å². The second-order valence-corrected chi connectivity index (χ2v) is 4.55. The van der Waals surface area contributed by atoms with Crippen LogP contribution in [0.1, 0.15) is 18.2 Å². The summed E-state index contributed by atoms with van der Waals surface area (Å²) in [5.41, 5.74) is 4.65. The Morgan fingerprint density at radius 3 is 2.71 bits per heavy atom. The van der Waals surface area contributed by atoms with Crippen molar-refractivity contribution in [1.29, 1.82) is 0 Å². The normalized spacial score (nSPS) is 11.8. The van der Waals surface area contributed by atoms with Crippen molar-refractivity contribution in [2.24, 2.45) is 5.10 Å². The molecule has 2 aromatic rings. The highest BCUT2D eigenvalue weighted by molar-refractivity contribution is 5.86. The van der Waals surface area contributed by atoms with Gasteiger partial charge in [0.15, 0.2) is 0 Å². The Balaban J connectivity index is 1.85. The third kappa shape index (κ3) is 4.94. The maximum atomic E-state index is 11.6. The fourth-order valence-electron chi connectivity index (χ4n) is 1.74. The summed E-state index contributed by atoms with van der Waals surface area (Å²) in [6.07, 6.45) is 3.60. The number of hydrogen-bond donors (Lipinski definition) is 3. The van der Waals surface area contributed by atoms with Gasteiger partial charge in [0.1, 0.15) is 0 Å². The Bertz CT molecular complexity index is 711. The van der Waals surface area contributed by atoms with Gasteiger partial charge in [-0.15, -0.1) is 0 Å². The van der Waals surface area contributed by atoms with Gasteiger partial charge in [-0.2, -0.15) is 5.10 Å². The minimum Gasteiger partial charge on any atom is -0.302 e. The molecule has 2 rings (SSSR count). The van der Waals surface area contributed by atoms with E-state index in [1.54, 1.807) is 6.21 Å². The molecule has 0 atom stereocenters. The smallest absolute Gasteiger partial charge is 0.264 e. The number of nitrogens with one attached hydrogen (secondary N) is 3. The number of H-pyrrole nitrogens is 2. The lowest BCUT2D eigenvalue weighted by Crippen LogP contribution is -2.20. The van der Waals surface area contributed by atoms with Crippen LogP contribution >= 0.6 is 0 Å². The maximum absolute atomic E-state index is 11.6. The van der Waals surface area contributed by atoms with Crippen molar-refractivity contribution in [1.82, 2.24) is 15.6 Å². The SMILES string of the molecule is CC(/C=N/NC(=O)Cc1cc(=O)[nH][nH]1)=C\c1ccccc1. The molecule has 1 aromatic heterocycles. The average molecular weight is 284 g/mol. The predicted octanol–water partition coefficient (Wildman–Crippen LogP) is 1.45. The van der Waals surface area contributed by atoms with Crippen LogP contribution in [0, 0.1) is 0 Å². The lowest BCUT2D eigenvalue weighted by atomic mass is 10.1. The van der Waals surface area contributed by atoms with Crippen LogP contribution in [0.3, 0.4) is 0 Å². The highest BCUT2D eigenvalue weighted by Crippen LogP contribution is 2.04. The number of aromatic nitrogens is 2. The molecule has 0 fully saturated rings. The van der Waals surface area contributed by atoms with Gasteiger partial charge in [0.2, 0.25) is 5.91 Å². The number of nitrogens with zero attached hydrogens (tertiary/aromatic N) is 1. The topological polar surface area (TPSA) is 90.1 Å². The monoisotopic (exact) mass is 284 g/mol. The summed E-state index contributed by atoms with van der Waals surface area (Å²) in [5, 5.41) is 8.85. The average Bonchev–Trinajstić information content (AvgIpc) is 2.85. The lowest BCUT2D eigenvalue weighted by Gasteiger charge is -1.98.